The Kier molecular flexibility index (Phi) is 6.74. The van der Waals surface area contributed by atoms with Gasteiger partial charge in [0.25, 0.3) is 0 Å². The van der Waals surface area contributed by atoms with Crippen molar-refractivity contribution in [2.75, 3.05) is 32.3 Å². The summed E-state index contributed by atoms with van der Waals surface area (Å²) in [4.78, 5) is 11.8. The van der Waals surface area contributed by atoms with Gasteiger partial charge in [-0.3, -0.25) is 4.79 Å². The van der Waals surface area contributed by atoms with Crippen molar-refractivity contribution in [3.63, 3.8) is 0 Å². The van der Waals surface area contributed by atoms with Gasteiger partial charge in [-0.1, -0.05) is 12.1 Å². The molecule has 0 bridgehead atoms. The number of carbonyl (C=O) groups excluding carboxylic acids is 1. The highest BCUT2D eigenvalue weighted by Gasteiger charge is 2.06. The third-order valence-electron chi connectivity index (χ3n) is 2.26. The number of methoxy groups -OCH3 is 2. The number of ether oxygens (including phenoxy) is 2. The molecule has 0 spiro atoms. The Balaban J connectivity index is 2.36. The summed E-state index contributed by atoms with van der Waals surface area (Å²) in [6, 6.07) is 7.27. The summed E-state index contributed by atoms with van der Waals surface area (Å²) in [5.74, 6) is 2.33. The minimum atomic E-state index is 0.145. The summed E-state index contributed by atoms with van der Waals surface area (Å²) in [6.07, 6.45) is 0.979. The average Bonchev–Trinajstić information content (AvgIpc) is 2.38. The van der Waals surface area contributed by atoms with Crippen molar-refractivity contribution in [2.24, 2.45) is 0 Å². The monoisotopic (exact) mass is 254 g/mol. The van der Waals surface area contributed by atoms with Crippen LogP contribution in [0.25, 0.3) is 0 Å². The minimum absolute atomic E-state index is 0.145. The molecule has 0 radical (unpaired) electrons. The highest BCUT2D eigenvalue weighted by molar-refractivity contribution is 7.99. The second-order valence-corrected chi connectivity index (χ2v) is 4.66. The summed E-state index contributed by atoms with van der Waals surface area (Å²) in [5.41, 5.74) is 0.712. The van der Waals surface area contributed by atoms with Crippen LogP contribution in [0.3, 0.4) is 0 Å². The van der Waals surface area contributed by atoms with Crippen molar-refractivity contribution < 1.29 is 14.3 Å². The highest BCUT2D eigenvalue weighted by atomic mass is 32.2. The number of hydrogen-bond acceptors (Lipinski definition) is 4. The van der Waals surface area contributed by atoms with E-state index < -0.39 is 0 Å². The summed E-state index contributed by atoms with van der Waals surface area (Å²) in [6.45, 7) is 0.750. The zero-order valence-corrected chi connectivity index (χ0v) is 11.1. The Morgan fingerprint density at radius 2 is 2.18 bits per heavy atom. The fourth-order valence-electron chi connectivity index (χ4n) is 1.35. The molecule has 0 heterocycles. The molecule has 0 fully saturated rings. The van der Waals surface area contributed by atoms with Crippen LogP contribution in [-0.4, -0.2) is 38.1 Å². The first kappa shape index (κ1) is 14.1. The number of carbonyl (C=O) groups is 1. The zero-order valence-electron chi connectivity index (χ0n) is 10.3. The van der Waals surface area contributed by atoms with Gasteiger partial charge in [-0.05, 0) is 24.3 Å². The Morgan fingerprint density at radius 3 is 2.88 bits per heavy atom. The van der Waals surface area contributed by atoms with Crippen molar-refractivity contribution in [1.82, 2.24) is 0 Å². The molecule has 1 aromatic rings. The first-order valence-corrected chi connectivity index (χ1v) is 6.67. The van der Waals surface area contributed by atoms with E-state index in [2.05, 4.69) is 0 Å². The molecule has 0 aliphatic rings. The molecular weight excluding hydrogens is 236 g/mol. The van der Waals surface area contributed by atoms with Gasteiger partial charge in [0.15, 0.2) is 5.78 Å². The lowest BCUT2D eigenvalue weighted by Gasteiger charge is -2.04. The molecule has 0 aromatic heterocycles. The molecule has 3 nitrogen and oxygen atoms in total. The summed E-state index contributed by atoms with van der Waals surface area (Å²) >= 11 is 1.64. The van der Waals surface area contributed by atoms with Gasteiger partial charge in [0.05, 0.1) is 12.9 Å². The number of Topliss-reactive ketones (excluding diaryl/α,β-unsaturated/α-hetero) is 1. The van der Waals surface area contributed by atoms with E-state index in [1.54, 1.807) is 32.0 Å². The molecule has 1 rings (SSSR count). The number of ketones is 1. The Bertz CT molecular complexity index is 352. The standard InChI is InChI=1S/C13H18O3S/c1-15-7-4-8-17-10-13(14)11-5-3-6-12(9-11)16-2/h3,5-6,9H,4,7-8,10H2,1-2H3. The molecule has 0 saturated carbocycles. The van der Waals surface area contributed by atoms with Crippen LogP contribution >= 0.6 is 11.8 Å². The van der Waals surface area contributed by atoms with Crippen LogP contribution in [0.2, 0.25) is 0 Å². The fourth-order valence-corrected chi connectivity index (χ4v) is 2.17. The van der Waals surface area contributed by atoms with Gasteiger partial charge in [0, 0.05) is 19.3 Å². The van der Waals surface area contributed by atoms with Gasteiger partial charge in [0.2, 0.25) is 0 Å². The van der Waals surface area contributed by atoms with Crippen LogP contribution in [0.5, 0.6) is 5.75 Å². The topological polar surface area (TPSA) is 35.5 Å². The number of hydrogen-bond donors (Lipinski definition) is 0. The molecular formula is C13H18O3S. The lowest BCUT2D eigenvalue weighted by Crippen LogP contribution is -2.03. The van der Waals surface area contributed by atoms with Gasteiger partial charge >= 0.3 is 0 Å². The fraction of sp³-hybridized carbons (Fsp3) is 0.462. The maximum Gasteiger partial charge on any atom is 0.172 e. The van der Waals surface area contributed by atoms with Crippen LogP contribution in [0.4, 0.5) is 0 Å². The maximum atomic E-state index is 11.8. The molecule has 0 aliphatic carbocycles. The predicted octanol–water partition coefficient (Wildman–Crippen LogP) is 2.65. The van der Waals surface area contributed by atoms with Crippen molar-refractivity contribution >= 4 is 17.5 Å². The van der Waals surface area contributed by atoms with Crippen molar-refractivity contribution in [2.45, 2.75) is 6.42 Å². The molecule has 94 valence electrons. The van der Waals surface area contributed by atoms with E-state index in [0.717, 1.165) is 24.5 Å². The van der Waals surface area contributed by atoms with Crippen LogP contribution in [0.15, 0.2) is 24.3 Å². The lowest BCUT2D eigenvalue weighted by atomic mass is 10.1. The first-order chi connectivity index (χ1) is 8.27. The molecule has 0 atom stereocenters. The van der Waals surface area contributed by atoms with Gasteiger partial charge in [-0.15, -0.1) is 0 Å². The Hall–Kier alpha value is -1.00. The predicted molar refractivity (Wildman–Crippen MR) is 71.1 cm³/mol. The molecule has 0 amide bonds. The lowest BCUT2D eigenvalue weighted by molar-refractivity contribution is 0.102. The highest BCUT2D eigenvalue weighted by Crippen LogP contribution is 2.15. The van der Waals surface area contributed by atoms with Crippen LogP contribution in [0, 0.1) is 0 Å². The smallest absolute Gasteiger partial charge is 0.172 e. The van der Waals surface area contributed by atoms with Gasteiger partial charge in [-0.2, -0.15) is 11.8 Å². The molecule has 0 aliphatic heterocycles. The van der Waals surface area contributed by atoms with E-state index in [1.165, 1.54) is 0 Å². The molecule has 0 N–H and O–H groups in total. The number of rotatable bonds is 8. The largest absolute Gasteiger partial charge is 0.497 e. The second kappa shape index (κ2) is 8.14. The van der Waals surface area contributed by atoms with Crippen LogP contribution in [-0.2, 0) is 4.74 Å². The van der Waals surface area contributed by atoms with Gasteiger partial charge < -0.3 is 9.47 Å². The normalized spacial score (nSPS) is 10.2. The van der Waals surface area contributed by atoms with Crippen LogP contribution < -0.4 is 4.74 Å². The van der Waals surface area contributed by atoms with E-state index >= 15 is 0 Å². The summed E-state index contributed by atoms with van der Waals surface area (Å²) in [7, 11) is 3.29. The average molecular weight is 254 g/mol. The van der Waals surface area contributed by atoms with E-state index in [1.807, 2.05) is 18.2 Å². The minimum Gasteiger partial charge on any atom is -0.497 e. The summed E-state index contributed by atoms with van der Waals surface area (Å²) < 4.78 is 10.0. The first-order valence-electron chi connectivity index (χ1n) is 5.52. The third-order valence-corrected chi connectivity index (χ3v) is 3.31. The molecule has 0 saturated heterocycles. The van der Waals surface area contributed by atoms with Crippen LogP contribution in [0.1, 0.15) is 16.8 Å². The maximum absolute atomic E-state index is 11.8. The van der Waals surface area contributed by atoms with Crippen molar-refractivity contribution in [3.05, 3.63) is 29.8 Å². The van der Waals surface area contributed by atoms with E-state index in [4.69, 9.17) is 9.47 Å². The number of thioether (sulfide) groups is 1. The Labute approximate surface area is 106 Å². The van der Waals surface area contributed by atoms with E-state index in [0.29, 0.717) is 11.3 Å². The summed E-state index contributed by atoms with van der Waals surface area (Å²) in [5, 5.41) is 0. The van der Waals surface area contributed by atoms with Crippen molar-refractivity contribution in [3.8, 4) is 5.75 Å². The SMILES string of the molecule is COCCCSCC(=O)c1cccc(OC)c1. The van der Waals surface area contributed by atoms with Crippen molar-refractivity contribution in [1.29, 1.82) is 0 Å². The molecule has 4 heteroatoms. The Morgan fingerprint density at radius 1 is 1.35 bits per heavy atom. The van der Waals surface area contributed by atoms with Gasteiger partial charge in [0.1, 0.15) is 5.75 Å². The third kappa shape index (κ3) is 5.24. The quantitative estimate of drug-likeness (QED) is 0.528. The molecule has 1 aromatic carbocycles. The zero-order chi connectivity index (χ0) is 12.5. The van der Waals surface area contributed by atoms with E-state index in [-0.39, 0.29) is 5.78 Å². The molecule has 0 unspecified atom stereocenters. The molecule has 17 heavy (non-hydrogen) atoms. The number of benzene rings is 1. The van der Waals surface area contributed by atoms with Gasteiger partial charge in [-0.25, -0.2) is 0 Å². The second-order valence-electron chi connectivity index (χ2n) is 3.55. The van der Waals surface area contributed by atoms with E-state index in [9.17, 15) is 4.79 Å².